The first-order valence-corrected chi connectivity index (χ1v) is 9.57. The number of benzene rings is 1. The summed E-state index contributed by atoms with van der Waals surface area (Å²) in [6, 6.07) is 4.96. The molecule has 1 aromatic rings. The average molecular weight is 379 g/mol. The minimum absolute atomic E-state index is 0.234. The third-order valence-corrected chi connectivity index (χ3v) is 4.01. The van der Waals surface area contributed by atoms with Gasteiger partial charge >= 0.3 is 5.97 Å². The number of nitrogens with one attached hydrogen (secondary N) is 1. The zero-order chi connectivity index (χ0) is 20.4. The van der Waals surface area contributed by atoms with Crippen molar-refractivity contribution in [2.75, 3.05) is 25.6 Å². The van der Waals surface area contributed by atoms with Gasteiger partial charge in [0, 0.05) is 12.3 Å². The molecule has 0 unspecified atom stereocenters. The Morgan fingerprint density at radius 3 is 2.37 bits per heavy atom. The number of anilines is 1. The Balaban J connectivity index is 3.06. The first-order valence-electron chi connectivity index (χ1n) is 9.57. The van der Waals surface area contributed by atoms with E-state index in [2.05, 4.69) is 19.2 Å². The molecule has 0 heterocycles. The summed E-state index contributed by atoms with van der Waals surface area (Å²) in [6.07, 6.45) is 2.25. The first-order chi connectivity index (χ1) is 12.8. The van der Waals surface area contributed by atoms with Crippen molar-refractivity contribution in [2.45, 2.75) is 59.5 Å². The molecule has 152 valence electrons. The summed E-state index contributed by atoms with van der Waals surface area (Å²) in [7, 11) is 1.31. The van der Waals surface area contributed by atoms with Crippen molar-refractivity contribution in [1.82, 2.24) is 0 Å². The topological polar surface area (TPSA) is 73.9 Å². The lowest BCUT2D eigenvalue weighted by Gasteiger charge is -2.30. The van der Waals surface area contributed by atoms with Crippen LogP contribution < -0.4 is 10.1 Å². The van der Waals surface area contributed by atoms with Crippen LogP contribution in [-0.2, 0) is 14.3 Å². The number of esters is 1. The van der Waals surface area contributed by atoms with Gasteiger partial charge in [-0.05, 0) is 50.3 Å². The molecule has 1 N–H and O–H groups in total. The van der Waals surface area contributed by atoms with Crippen molar-refractivity contribution in [1.29, 1.82) is 0 Å². The van der Waals surface area contributed by atoms with Crippen LogP contribution in [0.3, 0.4) is 0 Å². The van der Waals surface area contributed by atoms with Gasteiger partial charge in [0.25, 0.3) is 5.91 Å². The highest BCUT2D eigenvalue weighted by Gasteiger charge is 2.35. The maximum Gasteiger partial charge on any atom is 0.341 e. The van der Waals surface area contributed by atoms with Crippen LogP contribution in [0.25, 0.3) is 0 Å². The Hall–Kier alpha value is -2.08. The van der Waals surface area contributed by atoms with Crippen molar-refractivity contribution < 1.29 is 23.8 Å². The van der Waals surface area contributed by atoms with Crippen molar-refractivity contribution in [2.24, 2.45) is 5.92 Å². The second-order valence-corrected chi connectivity index (χ2v) is 7.18. The van der Waals surface area contributed by atoms with Crippen LogP contribution in [0.5, 0.6) is 5.75 Å². The van der Waals surface area contributed by atoms with E-state index in [4.69, 9.17) is 14.2 Å². The van der Waals surface area contributed by atoms with Gasteiger partial charge in [0.1, 0.15) is 16.9 Å². The lowest BCUT2D eigenvalue weighted by atomic mass is 9.93. The van der Waals surface area contributed by atoms with E-state index in [9.17, 15) is 9.59 Å². The Morgan fingerprint density at radius 2 is 1.81 bits per heavy atom. The highest BCUT2D eigenvalue weighted by Crippen LogP contribution is 2.27. The molecule has 0 saturated carbocycles. The molecule has 0 fully saturated rings. The van der Waals surface area contributed by atoms with E-state index in [0.29, 0.717) is 37.0 Å². The van der Waals surface area contributed by atoms with Crippen LogP contribution in [0.4, 0.5) is 5.69 Å². The van der Waals surface area contributed by atoms with Gasteiger partial charge < -0.3 is 19.5 Å². The predicted molar refractivity (Wildman–Crippen MR) is 106 cm³/mol. The number of carbonyl (C=O) groups excluding carboxylic acids is 2. The molecule has 0 bridgehead atoms. The summed E-state index contributed by atoms with van der Waals surface area (Å²) < 4.78 is 16.3. The van der Waals surface area contributed by atoms with Gasteiger partial charge in [0.2, 0.25) is 0 Å². The minimum Gasteiger partial charge on any atom is -0.493 e. The molecule has 0 saturated heterocycles. The summed E-state index contributed by atoms with van der Waals surface area (Å²) in [5.41, 5.74) is -0.157. The van der Waals surface area contributed by atoms with Crippen LogP contribution >= 0.6 is 0 Å². The maximum atomic E-state index is 12.9. The Labute approximate surface area is 162 Å². The fraction of sp³-hybridized carbons (Fsp3) is 0.619. The molecule has 0 spiro atoms. The van der Waals surface area contributed by atoms with E-state index >= 15 is 0 Å². The van der Waals surface area contributed by atoms with Crippen molar-refractivity contribution in [3.63, 3.8) is 0 Å². The van der Waals surface area contributed by atoms with E-state index < -0.39 is 11.6 Å². The lowest BCUT2D eigenvalue weighted by Crippen LogP contribution is -2.44. The second-order valence-electron chi connectivity index (χ2n) is 7.18. The normalized spacial score (nSPS) is 13.1. The Morgan fingerprint density at radius 1 is 1.15 bits per heavy atom. The molecule has 1 aromatic carbocycles. The fourth-order valence-corrected chi connectivity index (χ4v) is 2.80. The van der Waals surface area contributed by atoms with E-state index in [1.165, 1.54) is 7.11 Å². The Bertz CT molecular complexity index is 629. The number of hydrogen-bond donors (Lipinski definition) is 1. The smallest absolute Gasteiger partial charge is 0.341 e. The summed E-state index contributed by atoms with van der Waals surface area (Å²) in [6.45, 7) is 10.9. The SMILES string of the molecule is CCCOc1ccc(NC(=O)[C@](C)(CC(C)C)OCCC)cc1C(=O)OC. The Kier molecular flexibility index (Phi) is 9.29. The standard InChI is InChI=1S/C21H33NO5/c1-7-11-26-18-10-9-16(13-17(18)19(23)25-6)22-20(24)21(5,14-15(3)4)27-12-8-2/h9-10,13,15H,7-8,11-12,14H2,1-6H3,(H,22,24)/t21-/m0/s1. The van der Waals surface area contributed by atoms with E-state index in [0.717, 1.165) is 12.8 Å². The summed E-state index contributed by atoms with van der Waals surface area (Å²) in [5.74, 6) is -0.00556. The molecular formula is C21H33NO5. The molecule has 0 radical (unpaired) electrons. The highest BCUT2D eigenvalue weighted by atomic mass is 16.5. The van der Waals surface area contributed by atoms with E-state index in [1.807, 2.05) is 13.8 Å². The minimum atomic E-state index is -0.938. The third kappa shape index (κ3) is 6.86. The van der Waals surface area contributed by atoms with Crippen LogP contribution in [-0.4, -0.2) is 37.8 Å². The zero-order valence-corrected chi connectivity index (χ0v) is 17.4. The summed E-state index contributed by atoms with van der Waals surface area (Å²) >= 11 is 0. The van der Waals surface area contributed by atoms with Gasteiger partial charge in [-0.15, -0.1) is 0 Å². The number of amides is 1. The molecule has 6 nitrogen and oxygen atoms in total. The molecule has 0 aliphatic rings. The molecule has 6 heteroatoms. The first kappa shape index (κ1) is 23.0. The van der Waals surface area contributed by atoms with Crippen LogP contribution in [0.1, 0.15) is 64.2 Å². The van der Waals surface area contributed by atoms with E-state index in [1.54, 1.807) is 25.1 Å². The van der Waals surface area contributed by atoms with Crippen molar-refractivity contribution >= 4 is 17.6 Å². The van der Waals surface area contributed by atoms with Crippen LogP contribution in [0, 0.1) is 5.92 Å². The summed E-state index contributed by atoms with van der Waals surface area (Å²) in [4.78, 5) is 25.0. The molecular weight excluding hydrogens is 346 g/mol. The van der Waals surface area contributed by atoms with Gasteiger partial charge in [-0.3, -0.25) is 4.79 Å². The third-order valence-electron chi connectivity index (χ3n) is 4.01. The number of rotatable bonds is 11. The van der Waals surface area contributed by atoms with Gasteiger partial charge in [-0.25, -0.2) is 4.79 Å². The van der Waals surface area contributed by atoms with Crippen LogP contribution in [0.15, 0.2) is 18.2 Å². The van der Waals surface area contributed by atoms with Gasteiger partial charge in [0.05, 0.1) is 13.7 Å². The van der Waals surface area contributed by atoms with Crippen LogP contribution in [0.2, 0.25) is 0 Å². The molecule has 1 atom stereocenters. The summed E-state index contributed by atoms with van der Waals surface area (Å²) in [5, 5.41) is 2.87. The van der Waals surface area contributed by atoms with Gasteiger partial charge in [-0.1, -0.05) is 27.7 Å². The zero-order valence-electron chi connectivity index (χ0n) is 17.4. The number of hydrogen-bond acceptors (Lipinski definition) is 5. The molecule has 1 amide bonds. The molecule has 1 rings (SSSR count). The van der Waals surface area contributed by atoms with Crippen molar-refractivity contribution in [3.8, 4) is 5.75 Å². The maximum absolute atomic E-state index is 12.9. The fourth-order valence-electron chi connectivity index (χ4n) is 2.80. The molecule has 27 heavy (non-hydrogen) atoms. The number of ether oxygens (including phenoxy) is 3. The monoisotopic (exact) mass is 379 g/mol. The molecule has 0 aromatic heterocycles. The molecule has 0 aliphatic carbocycles. The van der Waals surface area contributed by atoms with E-state index in [-0.39, 0.29) is 11.5 Å². The lowest BCUT2D eigenvalue weighted by molar-refractivity contribution is -0.141. The second kappa shape index (κ2) is 10.9. The van der Waals surface area contributed by atoms with Gasteiger partial charge in [0.15, 0.2) is 0 Å². The number of carbonyl (C=O) groups is 2. The molecule has 0 aliphatic heterocycles. The van der Waals surface area contributed by atoms with Gasteiger partial charge in [-0.2, -0.15) is 0 Å². The largest absolute Gasteiger partial charge is 0.493 e. The quantitative estimate of drug-likeness (QED) is 0.576. The average Bonchev–Trinajstić information content (AvgIpc) is 2.63. The van der Waals surface area contributed by atoms with Crippen molar-refractivity contribution in [3.05, 3.63) is 23.8 Å². The predicted octanol–water partition coefficient (Wildman–Crippen LogP) is 4.43. The number of methoxy groups -OCH3 is 1. The highest BCUT2D eigenvalue weighted by molar-refractivity contribution is 5.99.